The number of anilines is 3. The normalized spacial score (nSPS) is 14.4. The van der Waals surface area contributed by atoms with E-state index in [4.69, 9.17) is 8.83 Å². The first-order valence-corrected chi connectivity index (χ1v) is 39.2. The van der Waals surface area contributed by atoms with Crippen molar-refractivity contribution in [2.75, 3.05) is 4.90 Å². The molecule has 0 atom stereocenters. The van der Waals surface area contributed by atoms with Crippen LogP contribution in [-0.4, -0.2) is 0 Å². The Bertz CT molecular complexity index is 4620. The molecule has 2 aromatic heterocycles. The van der Waals surface area contributed by atoms with Gasteiger partial charge in [0.25, 0.3) is 0 Å². The van der Waals surface area contributed by atoms with E-state index in [9.17, 15) is 0 Å². The molecule has 0 saturated heterocycles. The summed E-state index contributed by atoms with van der Waals surface area (Å²) in [6.45, 7) is 23.5. The Labute approximate surface area is 588 Å². The lowest BCUT2D eigenvalue weighted by Gasteiger charge is -2.35. The highest BCUT2D eigenvalue weighted by Gasteiger charge is 2.49. The summed E-state index contributed by atoms with van der Waals surface area (Å²) in [7, 11) is 0. The third-order valence-corrected chi connectivity index (χ3v) is 24.2. The van der Waals surface area contributed by atoms with Crippen molar-refractivity contribution in [3.8, 4) is 44.5 Å². The summed E-state index contributed by atoms with van der Waals surface area (Å²) in [4.78, 5) is 2.69. The van der Waals surface area contributed by atoms with Crippen molar-refractivity contribution in [3.63, 3.8) is 0 Å². The summed E-state index contributed by atoms with van der Waals surface area (Å²) in [6, 6.07) is 60.1. The molecule has 0 fully saturated rings. The van der Waals surface area contributed by atoms with E-state index in [-0.39, 0.29) is 16.2 Å². The van der Waals surface area contributed by atoms with Crippen LogP contribution >= 0.6 is 0 Å². The van der Waals surface area contributed by atoms with Gasteiger partial charge in [-0.2, -0.15) is 0 Å². The van der Waals surface area contributed by atoms with E-state index in [1.54, 1.807) is 22.3 Å². The highest BCUT2D eigenvalue weighted by Crippen LogP contribution is 2.64. The van der Waals surface area contributed by atoms with Gasteiger partial charge in [-0.05, 0) is 197 Å². The van der Waals surface area contributed by atoms with Crippen LogP contribution in [0.4, 0.5) is 17.1 Å². The minimum atomic E-state index is -0.314. The lowest BCUT2D eigenvalue weighted by molar-refractivity contribution is 0.394. The molecular weight excluding hydrogens is 1190 g/mol. The Balaban J connectivity index is 0.981. The molecule has 0 aliphatic heterocycles. The van der Waals surface area contributed by atoms with E-state index in [0.29, 0.717) is 0 Å². The molecule has 0 bridgehead atoms. The van der Waals surface area contributed by atoms with E-state index in [0.717, 1.165) is 40.7 Å². The number of nitrogens with zero attached hydrogens (tertiary/aromatic N) is 1. The SMILES string of the molecule is CCCCCCCCC1(CCCCCCCC)c2cc(N(c3ccc4c(c3)C(C)(C)c3cc(-c5ccc(C)cc5)c5oc6ccccc6c5c3-4)c3c(C)cc(C)cc3C)ccc2-c2cc3c(cc21)-c1c(ccc2oc4ccccc4c12)C3(CCCCCCCC)CCCCCCCC. The number of rotatable bonds is 32. The molecule has 0 saturated carbocycles. The number of furan rings is 2. The van der Waals surface area contributed by atoms with Gasteiger partial charge in [0.15, 0.2) is 0 Å². The summed E-state index contributed by atoms with van der Waals surface area (Å²) < 4.78 is 13.9. The molecule has 0 N–H and O–H groups in total. The standard InChI is InChI=1S/C95H111NO2/c1-11-15-19-23-27-35-53-94(54-36-28-24-20-16-12-2)78-51-52-86-89(73-39-31-33-41-84(73)97-86)88(78)77-63-81-76(62-82(77)94)71-49-47-70(60-80(71)95(81,55-37-29-25-21-17-13-3)56-38-30-26-22-18-14-4)96(91-66(7)57-65(6)58-67(91)8)69-48-50-72-79(59-69)93(9,10)83-61-75(68-45-43-64(5)44-46-68)92-90(87(72)83)74-40-32-34-42-85(74)98-92/h31-34,39-52,57-63H,11-30,35-38,53-56H2,1-10H3. The fourth-order valence-electron chi connectivity index (χ4n) is 19.2. The molecule has 3 heteroatoms. The average Bonchev–Trinajstić information content (AvgIpc) is 1.70. The summed E-state index contributed by atoms with van der Waals surface area (Å²) >= 11 is 0. The lowest BCUT2D eigenvalue weighted by atomic mass is 9.68. The first-order chi connectivity index (χ1) is 47.8. The lowest BCUT2D eigenvalue weighted by Crippen LogP contribution is -2.27. The second kappa shape index (κ2) is 28.9. The maximum atomic E-state index is 6.99. The monoisotopic (exact) mass is 1300 g/mol. The van der Waals surface area contributed by atoms with E-state index >= 15 is 0 Å². The van der Waals surface area contributed by atoms with Gasteiger partial charge in [-0.3, -0.25) is 0 Å². The topological polar surface area (TPSA) is 29.5 Å². The highest BCUT2D eigenvalue weighted by molar-refractivity contribution is 6.19. The quantitative estimate of drug-likeness (QED) is 0.0394. The van der Waals surface area contributed by atoms with Gasteiger partial charge < -0.3 is 13.7 Å². The van der Waals surface area contributed by atoms with Crippen molar-refractivity contribution in [1.29, 1.82) is 0 Å². The third kappa shape index (κ3) is 12.2. The average molecular weight is 1300 g/mol. The fraction of sp³-hybridized carbons (Fsp3) is 0.432. The molecule has 0 unspecified atom stereocenters. The van der Waals surface area contributed by atoms with Gasteiger partial charge in [-0.25, -0.2) is 0 Å². The number of benzene rings is 9. The fourth-order valence-corrected chi connectivity index (χ4v) is 19.2. The van der Waals surface area contributed by atoms with Crippen LogP contribution in [0, 0.1) is 27.7 Å². The van der Waals surface area contributed by atoms with Crippen molar-refractivity contribution in [2.24, 2.45) is 0 Å². The van der Waals surface area contributed by atoms with Crippen LogP contribution in [-0.2, 0) is 16.2 Å². The maximum Gasteiger partial charge on any atom is 0.143 e. The Morgan fingerprint density at radius 1 is 0.327 bits per heavy atom. The number of unbranched alkanes of at least 4 members (excludes halogenated alkanes) is 20. The molecule has 508 valence electrons. The molecule has 0 spiro atoms. The molecular formula is C95H111NO2. The highest BCUT2D eigenvalue weighted by atomic mass is 16.3. The van der Waals surface area contributed by atoms with E-state index in [2.05, 4.69) is 226 Å². The van der Waals surface area contributed by atoms with Crippen LogP contribution in [0.3, 0.4) is 0 Å². The number of hydrogen-bond acceptors (Lipinski definition) is 3. The summed E-state index contributed by atoms with van der Waals surface area (Å²) in [6.07, 6.45) is 35.7. The van der Waals surface area contributed by atoms with Crippen LogP contribution in [0.2, 0.25) is 0 Å². The van der Waals surface area contributed by atoms with Gasteiger partial charge in [0.1, 0.15) is 22.3 Å². The van der Waals surface area contributed by atoms with Crippen LogP contribution in [0.15, 0.2) is 160 Å². The molecule has 3 aliphatic rings. The van der Waals surface area contributed by atoms with Gasteiger partial charge in [-0.1, -0.05) is 298 Å². The van der Waals surface area contributed by atoms with Crippen molar-refractivity contribution in [2.45, 2.75) is 265 Å². The molecule has 2 heterocycles. The summed E-state index contributed by atoms with van der Waals surface area (Å²) in [5, 5.41) is 4.99. The Hall–Kier alpha value is -7.62. The summed E-state index contributed by atoms with van der Waals surface area (Å²) in [5.74, 6) is 0. The third-order valence-electron chi connectivity index (χ3n) is 24.2. The van der Waals surface area contributed by atoms with Crippen LogP contribution in [0.25, 0.3) is 88.4 Å². The zero-order chi connectivity index (χ0) is 67.7. The zero-order valence-corrected chi connectivity index (χ0v) is 61.5. The predicted octanol–water partition coefficient (Wildman–Crippen LogP) is 29.7. The molecule has 3 aliphatic carbocycles. The largest absolute Gasteiger partial charge is 0.456 e. The second-order valence-corrected chi connectivity index (χ2v) is 31.3. The summed E-state index contributed by atoms with van der Waals surface area (Å²) in [5.41, 5.74) is 32.2. The molecule has 9 aromatic carbocycles. The minimum Gasteiger partial charge on any atom is -0.456 e. The van der Waals surface area contributed by atoms with Crippen molar-refractivity contribution in [1.82, 2.24) is 0 Å². The smallest absolute Gasteiger partial charge is 0.143 e. The molecule has 14 rings (SSSR count). The minimum absolute atomic E-state index is 0.0945. The maximum absolute atomic E-state index is 6.99. The van der Waals surface area contributed by atoms with Crippen molar-refractivity contribution >= 4 is 60.9 Å². The van der Waals surface area contributed by atoms with E-state index < -0.39 is 0 Å². The number of fused-ring (bicyclic) bond motifs is 17. The molecule has 98 heavy (non-hydrogen) atoms. The molecule has 0 radical (unpaired) electrons. The van der Waals surface area contributed by atoms with Crippen molar-refractivity contribution in [3.05, 3.63) is 207 Å². The number of para-hydroxylation sites is 2. The van der Waals surface area contributed by atoms with Gasteiger partial charge >= 0.3 is 0 Å². The van der Waals surface area contributed by atoms with Gasteiger partial charge in [-0.15, -0.1) is 0 Å². The number of hydrogen-bond donors (Lipinski definition) is 0. The molecule has 11 aromatic rings. The predicted molar refractivity (Wildman–Crippen MR) is 422 cm³/mol. The van der Waals surface area contributed by atoms with Gasteiger partial charge in [0.2, 0.25) is 0 Å². The molecule has 0 amide bonds. The van der Waals surface area contributed by atoms with Gasteiger partial charge in [0.05, 0.1) is 5.69 Å². The van der Waals surface area contributed by atoms with Gasteiger partial charge in [0, 0.05) is 54.7 Å². The zero-order valence-electron chi connectivity index (χ0n) is 61.5. The Kier molecular flexibility index (Phi) is 19.9. The Morgan fingerprint density at radius 2 is 0.776 bits per heavy atom. The second-order valence-electron chi connectivity index (χ2n) is 31.3. The van der Waals surface area contributed by atoms with Crippen LogP contribution in [0.1, 0.15) is 277 Å². The van der Waals surface area contributed by atoms with Crippen LogP contribution < -0.4 is 4.90 Å². The van der Waals surface area contributed by atoms with E-state index in [1.807, 2.05) is 0 Å². The van der Waals surface area contributed by atoms with E-state index in [1.165, 1.54) is 278 Å². The Morgan fingerprint density at radius 3 is 1.35 bits per heavy atom. The van der Waals surface area contributed by atoms with Crippen LogP contribution in [0.5, 0.6) is 0 Å². The van der Waals surface area contributed by atoms with Crippen molar-refractivity contribution < 1.29 is 8.83 Å². The first-order valence-electron chi connectivity index (χ1n) is 39.2. The number of aryl methyl sites for hydroxylation is 4. The first kappa shape index (κ1) is 67.6. The molecule has 3 nitrogen and oxygen atoms in total.